The molecule has 4 nitrogen and oxygen atoms in total. The maximum absolute atomic E-state index is 12.9. The van der Waals surface area contributed by atoms with Gasteiger partial charge in [-0.05, 0) is 38.0 Å². The Labute approximate surface area is 114 Å². The number of rotatable bonds is 4. The summed E-state index contributed by atoms with van der Waals surface area (Å²) < 4.78 is 38.8. The molecule has 0 heterocycles. The lowest BCUT2D eigenvalue weighted by molar-refractivity contribution is -0.137. The topological polar surface area (TPSA) is 61.8 Å². The molecule has 0 aromatic heterocycles. The SMILES string of the molecule is CCN(c1ccc(C(F)(F)F)c(/C(N)=N/O)c1)C1CC1. The Balaban J connectivity index is 2.48. The molecule has 1 aliphatic carbocycles. The molecule has 0 radical (unpaired) electrons. The van der Waals surface area contributed by atoms with Crippen LogP contribution in [0.5, 0.6) is 0 Å². The molecule has 0 aliphatic heterocycles. The Hall–Kier alpha value is -1.92. The van der Waals surface area contributed by atoms with E-state index >= 15 is 0 Å². The monoisotopic (exact) mass is 287 g/mol. The number of halogens is 3. The molecule has 1 aliphatic rings. The third-order valence-electron chi connectivity index (χ3n) is 3.35. The minimum absolute atomic E-state index is 0.295. The Bertz CT molecular complexity index is 524. The lowest BCUT2D eigenvalue weighted by Gasteiger charge is -2.24. The molecule has 0 amide bonds. The van der Waals surface area contributed by atoms with Gasteiger partial charge < -0.3 is 15.8 Å². The van der Waals surface area contributed by atoms with Crippen molar-refractivity contribution in [2.24, 2.45) is 10.9 Å². The van der Waals surface area contributed by atoms with E-state index in [1.54, 1.807) is 0 Å². The Morgan fingerprint density at radius 1 is 1.45 bits per heavy atom. The van der Waals surface area contributed by atoms with Gasteiger partial charge in [0.15, 0.2) is 5.84 Å². The molecule has 1 aromatic carbocycles. The van der Waals surface area contributed by atoms with E-state index in [9.17, 15) is 13.2 Å². The molecule has 0 saturated heterocycles. The van der Waals surface area contributed by atoms with Crippen LogP contribution in [0, 0.1) is 0 Å². The van der Waals surface area contributed by atoms with Gasteiger partial charge in [-0.25, -0.2) is 0 Å². The van der Waals surface area contributed by atoms with Crippen molar-refractivity contribution in [2.75, 3.05) is 11.4 Å². The fourth-order valence-electron chi connectivity index (χ4n) is 2.26. The van der Waals surface area contributed by atoms with Crippen molar-refractivity contribution in [1.29, 1.82) is 0 Å². The third-order valence-corrected chi connectivity index (χ3v) is 3.35. The first-order valence-electron chi connectivity index (χ1n) is 6.34. The second-order valence-corrected chi connectivity index (χ2v) is 4.73. The molecule has 2 rings (SSSR count). The minimum atomic E-state index is -4.54. The largest absolute Gasteiger partial charge is 0.417 e. The fourth-order valence-corrected chi connectivity index (χ4v) is 2.26. The quantitative estimate of drug-likeness (QED) is 0.387. The van der Waals surface area contributed by atoms with Gasteiger partial charge in [-0.2, -0.15) is 13.2 Å². The number of nitrogens with zero attached hydrogens (tertiary/aromatic N) is 2. The van der Waals surface area contributed by atoms with Crippen molar-refractivity contribution < 1.29 is 18.4 Å². The summed E-state index contributed by atoms with van der Waals surface area (Å²) in [6.07, 6.45) is -2.47. The highest BCUT2D eigenvalue weighted by atomic mass is 19.4. The first-order valence-corrected chi connectivity index (χ1v) is 6.34. The summed E-state index contributed by atoms with van der Waals surface area (Å²) in [6.45, 7) is 2.64. The van der Waals surface area contributed by atoms with Crippen LogP contribution in [0.2, 0.25) is 0 Å². The average Bonchev–Trinajstić information content (AvgIpc) is 3.22. The Kier molecular flexibility index (Phi) is 3.78. The summed E-state index contributed by atoms with van der Waals surface area (Å²) in [5.74, 6) is -0.536. The van der Waals surface area contributed by atoms with Crippen LogP contribution in [0.15, 0.2) is 23.4 Å². The normalized spacial score (nSPS) is 16.3. The van der Waals surface area contributed by atoms with E-state index in [-0.39, 0.29) is 5.56 Å². The molecule has 20 heavy (non-hydrogen) atoms. The van der Waals surface area contributed by atoms with E-state index < -0.39 is 17.6 Å². The highest BCUT2D eigenvalue weighted by molar-refractivity contribution is 5.99. The molecule has 0 bridgehead atoms. The number of alkyl halides is 3. The van der Waals surface area contributed by atoms with Crippen molar-refractivity contribution >= 4 is 11.5 Å². The van der Waals surface area contributed by atoms with E-state index in [1.807, 2.05) is 11.8 Å². The molecular weight excluding hydrogens is 271 g/mol. The van der Waals surface area contributed by atoms with Crippen LogP contribution in [-0.2, 0) is 6.18 Å². The van der Waals surface area contributed by atoms with Gasteiger partial charge in [0.05, 0.1) is 5.56 Å². The molecule has 0 spiro atoms. The van der Waals surface area contributed by atoms with Gasteiger partial charge in [-0.3, -0.25) is 0 Å². The van der Waals surface area contributed by atoms with Crippen LogP contribution >= 0.6 is 0 Å². The number of hydrogen-bond donors (Lipinski definition) is 2. The number of hydrogen-bond acceptors (Lipinski definition) is 3. The number of amidine groups is 1. The maximum atomic E-state index is 12.9. The summed E-state index contributed by atoms with van der Waals surface area (Å²) in [7, 11) is 0. The molecule has 7 heteroatoms. The predicted molar refractivity (Wildman–Crippen MR) is 70.0 cm³/mol. The van der Waals surface area contributed by atoms with E-state index in [0.29, 0.717) is 18.3 Å². The molecule has 1 aromatic rings. The van der Waals surface area contributed by atoms with Gasteiger partial charge in [0.2, 0.25) is 0 Å². The standard InChI is InChI=1S/C13H16F3N3O/c1-2-19(8-3-4-8)9-5-6-11(13(14,15)16)10(7-9)12(17)18-20/h5-8,20H,2-4H2,1H3,(H2,17,18). The summed E-state index contributed by atoms with van der Waals surface area (Å²) in [5, 5.41) is 11.4. The van der Waals surface area contributed by atoms with E-state index in [1.165, 1.54) is 12.1 Å². The molecule has 110 valence electrons. The van der Waals surface area contributed by atoms with Gasteiger partial charge in [-0.15, -0.1) is 0 Å². The van der Waals surface area contributed by atoms with Gasteiger partial charge in [0.25, 0.3) is 0 Å². The second-order valence-electron chi connectivity index (χ2n) is 4.73. The van der Waals surface area contributed by atoms with Gasteiger partial charge in [0.1, 0.15) is 0 Å². The summed E-state index contributed by atoms with van der Waals surface area (Å²) in [5.41, 5.74) is 4.84. The number of oxime groups is 1. The van der Waals surface area contributed by atoms with Gasteiger partial charge in [0, 0.05) is 23.8 Å². The smallest absolute Gasteiger partial charge is 0.409 e. The van der Waals surface area contributed by atoms with Crippen LogP contribution in [-0.4, -0.2) is 23.6 Å². The first-order chi connectivity index (χ1) is 9.38. The third kappa shape index (κ3) is 2.81. The predicted octanol–water partition coefficient (Wildman–Crippen LogP) is 2.79. The van der Waals surface area contributed by atoms with Crippen molar-refractivity contribution in [3.63, 3.8) is 0 Å². The van der Waals surface area contributed by atoms with E-state index in [4.69, 9.17) is 10.9 Å². The lowest BCUT2D eigenvalue weighted by atomic mass is 10.0. The Morgan fingerprint density at radius 3 is 2.55 bits per heavy atom. The van der Waals surface area contributed by atoms with Crippen molar-refractivity contribution in [1.82, 2.24) is 0 Å². The molecule has 1 fully saturated rings. The van der Waals surface area contributed by atoms with Crippen LogP contribution < -0.4 is 10.6 Å². The van der Waals surface area contributed by atoms with Crippen LogP contribution in [0.4, 0.5) is 18.9 Å². The zero-order valence-electron chi connectivity index (χ0n) is 11.0. The van der Waals surface area contributed by atoms with Gasteiger partial charge >= 0.3 is 6.18 Å². The van der Waals surface area contributed by atoms with Crippen molar-refractivity contribution in [3.05, 3.63) is 29.3 Å². The Morgan fingerprint density at radius 2 is 2.10 bits per heavy atom. The lowest BCUT2D eigenvalue weighted by Crippen LogP contribution is -2.26. The molecule has 1 saturated carbocycles. The summed E-state index contributed by atoms with van der Waals surface area (Å²) >= 11 is 0. The number of nitrogens with two attached hydrogens (primary N) is 1. The highest BCUT2D eigenvalue weighted by Crippen LogP contribution is 2.36. The van der Waals surface area contributed by atoms with Crippen LogP contribution in [0.1, 0.15) is 30.9 Å². The van der Waals surface area contributed by atoms with Gasteiger partial charge in [-0.1, -0.05) is 5.16 Å². The first kappa shape index (κ1) is 14.5. The molecule has 3 N–H and O–H groups in total. The van der Waals surface area contributed by atoms with Crippen molar-refractivity contribution in [3.8, 4) is 0 Å². The highest BCUT2D eigenvalue weighted by Gasteiger charge is 2.35. The number of benzene rings is 1. The maximum Gasteiger partial charge on any atom is 0.417 e. The zero-order chi connectivity index (χ0) is 14.9. The molecular formula is C13H16F3N3O. The number of anilines is 1. The molecule has 0 atom stereocenters. The zero-order valence-corrected chi connectivity index (χ0v) is 11.0. The van der Waals surface area contributed by atoms with Crippen LogP contribution in [0.25, 0.3) is 0 Å². The fraction of sp³-hybridized carbons (Fsp3) is 0.462. The summed E-state index contributed by atoms with van der Waals surface area (Å²) in [6, 6.07) is 4.11. The van der Waals surface area contributed by atoms with Crippen molar-refractivity contribution in [2.45, 2.75) is 32.0 Å². The molecule has 0 unspecified atom stereocenters. The van der Waals surface area contributed by atoms with Crippen LogP contribution in [0.3, 0.4) is 0 Å². The minimum Gasteiger partial charge on any atom is -0.409 e. The van der Waals surface area contributed by atoms with E-state index in [0.717, 1.165) is 18.9 Å². The summed E-state index contributed by atoms with van der Waals surface area (Å²) in [4.78, 5) is 2.02. The second kappa shape index (κ2) is 5.22. The average molecular weight is 287 g/mol. The van der Waals surface area contributed by atoms with E-state index in [2.05, 4.69) is 5.16 Å².